The number of carbonyl (C=O) groups is 4. The van der Waals surface area contributed by atoms with Gasteiger partial charge in [-0.2, -0.15) is 0 Å². The molecule has 41 heavy (non-hydrogen) atoms. The minimum absolute atomic E-state index is 0.116. The summed E-state index contributed by atoms with van der Waals surface area (Å²) >= 11 is 0. The number of para-hydroxylation sites is 1. The molecule has 4 aromatic rings. The second-order valence-corrected chi connectivity index (χ2v) is 8.94. The van der Waals surface area contributed by atoms with Gasteiger partial charge in [0.15, 0.2) is 0 Å². The maximum Gasteiger partial charge on any atom is 0.338 e. The highest BCUT2D eigenvalue weighted by Crippen LogP contribution is 2.25. The molecule has 9 heteroatoms. The summed E-state index contributed by atoms with van der Waals surface area (Å²) in [7, 11) is 2.21. The Labute approximate surface area is 236 Å². The van der Waals surface area contributed by atoms with Crippen molar-refractivity contribution >= 4 is 23.8 Å². The Hall–Kier alpha value is -5.44. The fourth-order valence-corrected chi connectivity index (χ4v) is 4.19. The van der Waals surface area contributed by atoms with Gasteiger partial charge >= 0.3 is 17.9 Å². The number of hydrogen-bond acceptors (Lipinski definition) is 7. The van der Waals surface area contributed by atoms with Gasteiger partial charge < -0.3 is 24.2 Å². The molecule has 0 fully saturated rings. The number of nitrogens with zero attached hydrogens (tertiary/aromatic N) is 1. The zero-order valence-corrected chi connectivity index (χ0v) is 22.4. The van der Waals surface area contributed by atoms with Crippen molar-refractivity contribution in [3.05, 3.63) is 130 Å². The average Bonchev–Trinajstić information content (AvgIpc) is 3.00. The Balaban J connectivity index is 1.72. The maximum atomic E-state index is 14.0. The van der Waals surface area contributed by atoms with Crippen LogP contribution in [0.5, 0.6) is 11.5 Å². The highest BCUT2D eigenvalue weighted by atomic mass is 16.5. The number of benzene rings is 4. The molecule has 0 aliphatic carbocycles. The van der Waals surface area contributed by atoms with E-state index in [0.29, 0.717) is 11.5 Å². The molecule has 208 valence electrons. The second-order valence-electron chi connectivity index (χ2n) is 8.94. The third kappa shape index (κ3) is 6.96. The van der Waals surface area contributed by atoms with Crippen molar-refractivity contribution in [2.45, 2.75) is 13.1 Å². The van der Waals surface area contributed by atoms with E-state index in [9.17, 15) is 24.3 Å². The molecule has 0 saturated heterocycles. The first-order chi connectivity index (χ1) is 19.8. The van der Waals surface area contributed by atoms with E-state index < -0.39 is 29.4 Å². The van der Waals surface area contributed by atoms with E-state index in [4.69, 9.17) is 14.2 Å². The predicted octanol–water partition coefficient (Wildman–Crippen LogP) is 5.59. The smallest absolute Gasteiger partial charge is 0.338 e. The van der Waals surface area contributed by atoms with E-state index in [-0.39, 0.29) is 29.8 Å². The highest BCUT2D eigenvalue weighted by Gasteiger charge is 2.29. The van der Waals surface area contributed by atoms with Crippen molar-refractivity contribution in [3.63, 3.8) is 0 Å². The Morgan fingerprint density at radius 2 is 1.07 bits per heavy atom. The first kappa shape index (κ1) is 28.6. The predicted molar refractivity (Wildman–Crippen MR) is 149 cm³/mol. The number of carbonyl (C=O) groups excluding carboxylic acids is 3. The molecule has 9 nitrogen and oxygen atoms in total. The number of hydrogen-bond donors (Lipinski definition) is 1. The van der Waals surface area contributed by atoms with Gasteiger partial charge in [0.05, 0.1) is 36.5 Å². The molecule has 0 atom stereocenters. The van der Waals surface area contributed by atoms with Crippen LogP contribution in [0.2, 0.25) is 0 Å². The minimum atomic E-state index is -1.45. The average molecular weight is 554 g/mol. The third-order valence-electron chi connectivity index (χ3n) is 6.21. The van der Waals surface area contributed by atoms with E-state index in [1.807, 2.05) is 72.8 Å². The SMILES string of the molecule is COC(=O)c1cc(C(=O)O)c(C(=O)N(Cc2ccccc2)Cc2ccc(Oc3ccccc3)cc2)cc1C(=O)OC. The summed E-state index contributed by atoms with van der Waals surface area (Å²) in [5.74, 6) is -2.67. The molecule has 4 rings (SSSR count). The summed E-state index contributed by atoms with van der Waals surface area (Å²) in [6.07, 6.45) is 0. The van der Waals surface area contributed by atoms with Crippen LogP contribution in [0.1, 0.15) is 52.6 Å². The van der Waals surface area contributed by atoms with Crippen LogP contribution in [-0.2, 0) is 22.6 Å². The van der Waals surface area contributed by atoms with E-state index in [0.717, 1.165) is 37.5 Å². The maximum absolute atomic E-state index is 14.0. The van der Waals surface area contributed by atoms with Crippen LogP contribution in [0, 0.1) is 0 Å². The zero-order chi connectivity index (χ0) is 29.4. The lowest BCUT2D eigenvalue weighted by Gasteiger charge is -2.24. The minimum Gasteiger partial charge on any atom is -0.478 e. The van der Waals surface area contributed by atoms with Crippen molar-refractivity contribution < 1.29 is 38.5 Å². The van der Waals surface area contributed by atoms with Crippen LogP contribution < -0.4 is 4.74 Å². The molecule has 0 aliphatic rings. The Morgan fingerprint density at radius 3 is 1.59 bits per heavy atom. The van der Waals surface area contributed by atoms with Crippen LogP contribution in [-0.4, -0.2) is 48.0 Å². The number of ether oxygens (including phenoxy) is 3. The molecule has 4 aromatic carbocycles. The van der Waals surface area contributed by atoms with Crippen molar-refractivity contribution in [1.29, 1.82) is 0 Å². The summed E-state index contributed by atoms with van der Waals surface area (Å²) in [5.41, 5.74) is 0.233. The number of esters is 2. The van der Waals surface area contributed by atoms with E-state index in [1.165, 1.54) is 4.90 Å². The quantitative estimate of drug-likeness (QED) is 0.252. The van der Waals surface area contributed by atoms with Gasteiger partial charge in [0.1, 0.15) is 11.5 Å². The van der Waals surface area contributed by atoms with E-state index in [1.54, 1.807) is 12.1 Å². The van der Waals surface area contributed by atoms with Crippen LogP contribution in [0.3, 0.4) is 0 Å². The summed E-state index contributed by atoms with van der Waals surface area (Å²) < 4.78 is 15.3. The second kappa shape index (κ2) is 13.1. The molecular weight excluding hydrogens is 526 g/mol. The number of rotatable bonds is 10. The number of carboxylic acids is 1. The number of amides is 1. The van der Waals surface area contributed by atoms with Gasteiger partial charge in [0.25, 0.3) is 5.91 Å². The van der Waals surface area contributed by atoms with Gasteiger partial charge in [-0.25, -0.2) is 14.4 Å². The molecule has 0 radical (unpaired) electrons. The van der Waals surface area contributed by atoms with Gasteiger partial charge in [0, 0.05) is 13.1 Å². The number of carboxylic acid groups (broad SMARTS) is 1. The largest absolute Gasteiger partial charge is 0.478 e. The fourth-order valence-electron chi connectivity index (χ4n) is 4.19. The molecule has 0 heterocycles. The molecule has 1 N–H and O–H groups in total. The molecule has 0 saturated carbocycles. The molecular formula is C32H27NO8. The monoisotopic (exact) mass is 553 g/mol. The summed E-state index contributed by atoms with van der Waals surface area (Å²) in [6.45, 7) is 0.262. The fraction of sp³-hybridized carbons (Fsp3) is 0.125. The number of aromatic carboxylic acids is 1. The normalized spacial score (nSPS) is 10.4. The van der Waals surface area contributed by atoms with Gasteiger partial charge in [-0.1, -0.05) is 60.7 Å². The van der Waals surface area contributed by atoms with Gasteiger partial charge in [0.2, 0.25) is 0 Å². The highest BCUT2D eigenvalue weighted by molar-refractivity contribution is 6.11. The Kier molecular flexibility index (Phi) is 9.11. The van der Waals surface area contributed by atoms with Gasteiger partial charge in [-0.05, 0) is 47.5 Å². The topological polar surface area (TPSA) is 119 Å². The third-order valence-corrected chi connectivity index (χ3v) is 6.21. The van der Waals surface area contributed by atoms with Crippen molar-refractivity contribution in [1.82, 2.24) is 4.90 Å². The summed E-state index contributed by atoms with van der Waals surface area (Å²) in [4.78, 5) is 52.5. The standard InChI is InChI=1S/C32H27NO8/c1-39-31(37)27-17-25(26(30(35)36)18-28(27)32(38)40-2)29(34)33(19-21-9-5-3-6-10-21)20-22-13-15-24(16-14-22)41-23-11-7-4-8-12-23/h3-18H,19-20H2,1-2H3,(H,35,36). The lowest BCUT2D eigenvalue weighted by atomic mass is 9.96. The Morgan fingerprint density at radius 1 is 0.610 bits per heavy atom. The van der Waals surface area contributed by atoms with Gasteiger partial charge in [-0.15, -0.1) is 0 Å². The first-order valence-corrected chi connectivity index (χ1v) is 12.5. The van der Waals surface area contributed by atoms with E-state index in [2.05, 4.69) is 0 Å². The van der Waals surface area contributed by atoms with E-state index >= 15 is 0 Å². The molecule has 0 bridgehead atoms. The molecule has 0 spiro atoms. The van der Waals surface area contributed by atoms with Gasteiger partial charge in [-0.3, -0.25) is 4.79 Å². The van der Waals surface area contributed by atoms with Crippen molar-refractivity contribution in [2.75, 3.05) is 14.2 Å². The van der Waals surface area contributed by atoms with Crippen LogP contribution in [0.25, 0.3) is 0 Å². The summed E-state index contributed by atoms with van der Waals surface area (Å²) in [6, 6.07) is 27.7. The first-order valence-electron chi connectivity index (χ1n) is 12.5. The lowest BCUT2D eigenvalue weighted by Crippen LogP contribution is -2.32. The van der Waals surface area contributed by atoms with Crippen LogP contribution >= 0.6 is 0 Å². The lowest BCUT2D eigenvalue weighted by molar-refractivity contribution is 0.0553. The van der Waals surface area contributed by atoms with Crippen LogP contribution in [0.15, 0.2) is 97.1 Å². The molecule has 0 aliphatic heterocycles. The molecule has 0 aromatic heterocycles. The summed E-state index contributed by atoms with van der Waals surface area (Å²) in [5, 5.41) is 9.94. The Bertz CT molecular complexity index is 1550. The molecule has 1 amide bonds. The van der Waals surface area contributed by atoms with Crippen molar-refractivity contribution in [3.8, 4) is 11.5 Å². The molecule has 0 unspecified atom stereocenters. The van der Waals surface area contributed by atoms with Crippen LogP contribution in [0.4, 0.5) is 0 Å². The number of methoxy groups -OCH3 is 2. The zero-order valence-electron chi connectivity index (χ0n) is 22.4. The van der Waals surface area contributed by atoms with Crippen molar-refractivity contribution in [2.24, 2.45) is 0 Å².